The Bertz CT molecular complexity index is 473. The summed E-state index contributed by atoms with van der Waals surface area (Å²) < 4.78 is 22.8. The van der Waals surface area contributed by atoms with Crippen LogP contribution < -0.4 is 0 Å². The van der Waals surface area contributed by atoms with Crippen molar-refractivity contribution in [3.05, 3.63) is 0 Å². The molecule has 0 saturated heterocycles. The maximum Gasteiger partial charge on any atom is 0.356 e. The maximum absolute atomic E-state index is 11.4. The highest BCUT2D eigenvalue weighted by molar-refractivity contribution is 7.53. The minimum absolute atomic E-state index is 0.268. The van der Waals surface area contributed by atoms with Crippen LogP contribution in [0.2, 0.25) is 0 Å². The van der Waals surface area contributed by atoms with Crippen LogP contribution in [0, 0.1) is 0 Å². The van der Waals surface area contributed by atoms with Crippen LogP contribution in [0.25, 0.3) is 0 Å². The molecule has 5 nitrogen and oxygen atoms in total. The van der Waals surface area contributed by atoms with E-state index in [2.05, 4.69) is 6.92 Å². The van der Waals surface area contributed by atoms with Crippen LogP contribution >= 0.6 is 7.60 Å². The molecule has 32 heavy (non-hydrogen) atoms. The van der Waals surface area contributed by atoms with E-state index in [1.807, 2.05) is 13.8 Å². The van der Waals surface area contributed by atoms with Gasteiger partial charge in [-0.1, -0.05) is 103 Å². The monoisotopic (exact) mass is 478 g/mol. The molecule has 0 amide bonds. The van der Waals surface area contributed by atoms with Gasteiger partial charge in [0.2, 0.25) is 0 Å². The van der Waals surface area contributed by atoms with Gasteiger partial charge in [0.15, 0.2) is 5.34 Å². The average Bonchev–Trinajstić information content (AvgIpc) is 2.69. The third-order valence-electron chi connectivity index (χ3n) is 6.35. The smallest absolute Gasteiger partial charge is 0.356 e. The summed E-state index contributed by atoms with van der Waals surface area (Å²) in [6, 6.07) is 0. The van der Waals surface area contributed by atoms with E-state index in [9.17, 15) is 14.4 Å². The molecule has 0 aromatic rings. The molecule has 0 aliphatic carbocycles. The van der Waals surface area contributed by atoms with Gasteiger partial charge in [-0.3, -0.25) is 4.57 Å². The van der Waals surface area contributed by atoms with Crippen LogP contribution in [0.15, 0.2) is 0 Å². The average molecular weight is 479 g/mol. The van der Waals surface area contributed by atoms with Gasteiger partial charge in [-0.05, 0) is 40.5 Å². The Morgan fingerprint density at radius 3 is 1.34 bits per heavy atom. The molecule has 2 N–H and O–H groups in total. The lowest BCUT2D eigenvalue weighted by Gasteiger charge is -2.30. The van der Waals surface area contributed by atoms with Crippen LogP contribution in [0.3, 0.4) is 0 Å². The Morgan fingerprint density at radius 2 is 0.969 bits per heavy atom. The quantitative estimate of drug-likeness (QED) is 0.114. The second kappa shape index (κ2) is 18.4. The van der Waals surface area contributed by atoms with Crippen LogP contribution in [0.4, 0.5) is 0 Å². The summed E-state index contributed by atoms with van der Waals surface area (Å²) in [5.74, 6) is 0. The minimum atomic E-state index is -4.27. The van der Waals surface area contributed by atoms with Crippen molar-refractivity contribution in [3.63, 3.8) is 0 Å². The molecule has 0 rings (SSSR count). The van der Waals surface area contributed by atoms with Crippen LogP contribution in [-0.2, 0) is 14.0 Å². The number of hydrogen-bond donors (Lipinski definition) is 2. The SMILES string of the molecule is CCCCCCCCCCCCCCCCCCOC(C)(C)CCOC(C)(C)P(=O)(O)O. The van der Waals surface area contributed by atoms with Crippen molar-refractivity contribution < 1.29 is 23.8 Å². The first-order valence-electron chi connectivity index (χ1n) is 13.4. The zero-order chi connectivity index (χ0) is 24.3. The lowest BCUT2D eigenvalue weighted by Crippen LogP contribution is -2.31. The van der Waals surface area contributed by atoms with Gasteiger partial charge in [0, 0.05) is 6.61 Å². The van der Waals surface area contributed by atoms with E-state index in [1.54, 1.807) is 0 Å². The van der Waals surface area contributed by atoms with Crippen molar-refractivity contribution in [2.24, 2.45) is 0 Å². The summed E-state index contributed by atoms with van der Waals surface area (Å²) in [5.41, 5.74) is -0.347. The molecule has 0 aromatic heterocycles. The highest BCUT2D eigenvalue weighted by Gasteiger charge is 2.39. The predicted octanol–water partition coefficient (Wildman–Crippen LogP) is 8.36. The fourth-order valence-electron chi connectivity index (χ4n) is 3.70. The van der Waals surface area contributed by atoms with Crippen molar-refractivity contribution in [1.29, 1.82) is 0 Å². The van der Waals surface area contributed by atoms with Gasteiger partial charge in [-0.25, -0.2) is 0 Å². The van der Waals surface area contributed by atoms with E-state index >= 15 is 0 Å². The normalized spacial score (nSPS) is 13.1. The van der Waals surface area contributed by atoms with Crippen molar-refractivity contribution in [1.82, 2.24) is 0 Å². The number of rotatable bonds is 23. The van der Waals surface area contributed by atoms with Crippen molar-refractivity contribution in [2.75, 3.05) is 13.2 Å². The molecule has 194 valence electrons. The maximum atomic E-state index is 11.4. The predicted molar refractivity (Wildman–Crippen MR) is 136 cm³/mol. The Morgan fingerprint density at radius 1 is 0.594 bits per heavy atom. The first kappa shape index (κ1) is 32.1. The first-order valence-corrected chi connectivity index (χ1v) is 15.0. The zero-order valence-electron chi connectivity index (χ0n) is 22.0. The lowest BCUT2D eigenvalue weighted by atomic mass is 10.0. The largest absolute Gasteiger partial charge is 0.375 e. The summed E-state index contributed by atoms with van der Waals surface area (Å²) in [7, 11) is -4.27. The molecule has 0 heterocycles. The molecule has 0 atom stereocenters. The molecule has 0 spiro atoms. The fraction of sp³-hybridized carbons (Fsp3) is 1.00. The Kier molecular flexibility index (Phi) is 18.4. The molecule has 0 radical (unpaired) electrons. The third kappa shape index (κ3) is 18.5. The van der Waals surface area contributed by atoms with Crippen LogP contribution in [-0.4, -0.2) is 33.9 Å². The van der Waals surface area contributed by atoms with E-state index in [-0.39, 0.29) is 12.2 Å². The molecule has 0 bridgehead atoms. The van der Waals surface area contributed by atoms with Crippen molar-refractivity contribution in [2.45, 2.75) is 155 Å². The second-order valence-corrected chi connectivity index (χ2v) is 12.7. The van der Waals surface area contributed by atoms with E-state index < -0.39 is 12.9 Å². The zero-order valence-corrected chi connectivity index (χ0v) is 22.9. The third-order valence-corrected chi connectivity index (χ3v) is 7.88. The van der Waals surface area contributed by atoms with E-state index in [0.717, 1.165) is 13.0 Å². The summed E-state index contributed by atoms with van der Waals surface area (Å²) in [6.45, 7) is 10.1. The molecule has 0 aliphatic heterocycles. The highest BCUT2D eigenvalue weighted by atomic mass is 31.2. The Labute approximate surface area is 199 Å². The number of unbranched alkanes of at least 4 members (excludes halogenated alkanes) is 15. The Hall–Kier alpha value is 0.0700. The van der Waals surface area contributed by atoms with E-state index in [0.29, 0.717) is 6.42 Å². The Balaban J connectivity index is 3.46. The summed E-state index contributed by atoms with van der Waals surface area (Å²) >= 11 is 0. The van der Waals surface area contributed by atoms with E-state index in [4.69, 9.17) is 9.47 Å². The number of hydrogen-bond acceptors (Lipinski definition) is 3. The van der Waals surface area contributed by atoms with Gasteiger partial charge in [-0.15, -0.1) is 0 Å². The summed E-state index contributed by atoms with van der Waals surface area (Å²) in [6.07, 6.45) is 22.3. The molecule has 0 fully saturated rings. The van der Waals surface area contributed by atoms with Crippen molar-refractivity contribution in [3.8, 4) is 0 Å². The van der Waals surface area contributed by atoms with E-state index in [1.165, 1.54) is 110 Å². The standard InChI is InChI=1S/C26H55O5P/c1-6-7-8-9-10-11-12-13-14-15-16-17-18-19-20-21-23-30-25(2,3)22-24-31-26(4,5)32(27,28)29/h6-24H2,1-5H3,(H2,27,28,29). The molecule has 0 aromatic carbocycles. The second-order valence-electron chi connectivity index (χ2n) is 10.5. The molecule has 0 unspecified atom stereocenters. The van der Waals surface area contributed by atoms with Gasteiger partial charge in [0.1, 0.15) is 0 Å². The van der Waals surface area contributed by atoms with Gasteiger partial charge in [-0.2, -0.15) is 0 Å². The van der Waals surface area contributed by atoms with Crippen LogP contribution in [0.1, 0.15) is 144 Å². The molecule has 0 saturated carbocycles. The minimum Gasteiger partial charge on any atom is -0.375 e. The molecule has 0 aliphatic rings. The number of ether oxygens (including phenoxy) is 2. The van der Waals surface area contributed by atoms with Crippen LogP contribution in [0.5, 0.6) is 0 Å². The molecular weight excluding hydrogens is 423 g/mol. The van der Waals surface area contributed by atoms with Gasteiger partial charge >= 0.3 is 7.60 Å². The molecular formula is C26H55O5P. The van der Waals surface area contributed by atoms with Gasteiger partial charge in [0.05, 0.1) is 12.2 Å². The lowest BCUT2D eigenvalue weighted by molar-refractivity contribution is -0.0579. The fourth-order valence-corrected chi connectivity index (χ4v) is 3.96. The summed E-state index contributed by atoms with van der Waals surface area (Å²) in [4.78, 5) is 18.6. The van der Waals surface area contributed by atoms with Gasteiger partial charge < -0.3 is 19.3 Å². The van der Waals surface area contributed by atoms with Crippen molar-refractivity contribution >= 4 is 7.60 Å². The highest BCUT2D eigenvalue weighted by Crippen LogP contribution is 2.50. The molecule has 6 heteroatoms. The van der Waals surface area contributed by atoms with Gasteiger partial charge in [0.25, 0.3) is 0 Å². The summed E-state index contributed by atoms with van der Waals surface area (Å²) in [5, 5.41) is -1.45. The first-order chi connectivity index (χ1) is 15.0. The topological polar surface area (TPSA) is 76.0 Å².